The van der Waals surface area contributed by atoms with Crippen LogP contribution in [-0.2, 0) is 9.59 Å². The third-order valence-electron chi connectivity index (χ3n) is 5.33. The summed E-state index contributed by atoms with van der Waals surface area (Å²) in [5.74, 6) is -0.0603. The number of para-hydroxylation sites is 1. The average molecular weight is 380 g/mol. The van der Waals surface area contributed by atoms with Gasteiger partial charge in [0, 0.05) is 32.2 Å². The van der Waals surface area contributed by atoms with Crippen LogP contribution in [0.25, 0.3) is 0 Å². The molecule has 2 saturated heterocycles. The molecule has 6 heteroatoms. The fourth-order valence-electron chi connectivity index (χ4n) is 3.86. The Morgan fingerprint density at radius 1 is 1.15 bits per heavy atom. The zero-order valence-corrected chi connectivity index (χ0v) is 16.4. The van der Waals surface area contributed by atoms with Crippen molar-refractivity contribution in [3.05, 3.63) is 30.3 Å². The molecular formula is C20H30ClN3O2. The van der Waals surface area contributed by atoms with E-state index in [1.807, 2.05) is 35.2 Å². The van der Waals surface area contributed by atoms with Gasteiger partial charge in [-0.05, 0) is 51.0 Å². The molecule has 0 radical (unpaired) electrons. The van der Waals surface area contributed by atoms with Crippen LogP contribution >= 0.6 is 12.4 Å². The molecule has 0 saturated carbocycles. The van der Waals surface area contributed by atoms with Gasteiger partial charge in [0.1, 0.15) is 0 Å². The summed E-state index contributed by atoms with van der Waals surface area (Å²) in [6.45, 7) is 4.66. The number of halogens is 1. The summed E-state index contributed by atoms with van der Waals surface area (Å²) in [7, 11) is 1.78. The lowest BCUT2D eigenvalue weighted by Gasteiger charge is -2.29. The summed E-state index contributed by atoms with van der Waals surface area (Å²) in [4.78, 5) is 30.9. The van der Waals surface area contributed by atoms with Crippen LogP contribution in [-0.4, -0.2) is 61.4 Å². The molecule has 1 unspecified atom stereocenters. The standard InChI is InChI=1S/C20H29N3O2.ClH/c1-21-16-17(15-19(21)24)20(25)23(18-9-4-2-5-10-18)14-8-13-22-11-6-3-7-12-22;/h2,4-5,9-10,17H,3,6-8,11-16H2,1H3;1H. The summed E-state index contributed by atoms with van der Waals surface area (Å²) in [6.07, 6.45) is 5.23. The smallest absolute Gasteiger partial charge is 0.232 e. The number of carbonyl (C=O) groups is 2. The number of hydrogen-bond acceptors (Lipinski definition) is 3. The molecule has 0 N–H and O–H groups in total. The molecule has 144 valence electrons. The van der Waals surface area contributed by atoms with Crippen LogP contribution in [0.1, 0.15) is 32.1 Å². The highest BCUT2D eigenvalue weighted by molar-refractivity contribution is 5.98. The van der Waals surface area contributed by atoms with Crippen LogP contribution in [0.3, 0.4) is 0 Å². The SMILES string of the molecule is CN1CC(C(=O)N(CCCN2CCCCC2)c2ccccc2)CC1=O.Cl. The molecule has 3 rings (SSSR count). The monoisotopic (exact) mass is 379 g/mol. The first-order valence-electron chi connectivity index (χ1n) is 9.48. The molecule has 1 atom stereocenters. The number of benzene rings is 1. The summed E-state index contributed by atoms with van der Waals surface area (Å²) in [5, 5.41) is 0. The molecule has 1 aromatic carbocycles. The number of hydrogen-bond donors (Lipinski definition) is 0. The topological polar surface area (TPSA) is 43.9 Å². The lowest BCUT2D eigenvalue weighted by molar-refractivity contribution is -0.127. The van der Waals surface area contributed by atoms with Crippen molar-refractivity contribution >= 4 is 29.9 Å². The van der Waals surface area contributed by atoms with Crippen molar-refractivity contribution in [3.63, 3.8) is 0 Å². The van der Waals surface area contributed by atoms with Crippen LogP contribution in [0.2, 0.25) is 0 Å². The number of piperidine rings is 1. The second kappa shape index (κ2) is 9.93. The van der Waals surface area contributed by atoms with Crippen LogP contribution in [0.15, 0.2) is 30.3 Å². The third-order valence-corrected chi connectivity index (χ3v) is 5.33. The van der Waals surface area contributed by atoms with Crippen molar-refractivity contribution in [2.75, 3.05) is 44.7 Å². The number of nitrogens with zero attached hydrogens (tertiary/aromatic N) is 3. The Morgan fingerprint density at radius 3 is 2.46 bits per heavy atom. The first-order valence-corrected chi connectivity index (χ1v) is 9.48. The second-order valence-corrected chi connectivity index (χ2v) is 7.26. The van der Waals surface area contributed by atoms with Crippen molar-refractivity contribution in [2.45, 2.75) is 32.1 Å². The fourth-order valence-corrected chi connectivity index (χ4v) is 3.86. The van der Waals surface area contributed by atoms with Gasteiger partial charge in [0.05, 0.1) is 5.92 Å². The number of amides is 2. The number of likely N-dealkylation sites (tertiary alicyclic amines) is 2. The van der Waals surface area contributed by atoms with Crippen LogP contribution in [0.5, 0.6) is 0 Å². The van der Waals surface area contributed by atoms with Crippen LogP contribution in [0.4, 0.5) is 5.69 Å². The molecule has 1 aromatic rings. The number of anilines is 1. The molecule has 2 aliphatic heterocycles. The van der Waals surface area contributed by atoms with E-state index >= 15 is 0 Å². The van der Waals surface area contributed by atoms with Gasteiger partial charge in [-0.15, -0.1) is 12.4 Å². The molecule has 2 amide bonds. The van der Waals surface area contributed by atoms with Crippen molar-refractivity contribution in [1.82, 2.24) is 9.80 Å². The normalized spacial score (nSPS) is 20.7. The maximum absolute atomic E-state index is 13.1. The van der Waals surface area contributed by atoms with E-state index in [0.717, 1.165) is 18.7 Å². The van der Waals surface area contributed by atoms with Gasteiger partial charge in [-0.3, -0.25) is 9.59 Å². The molecule has 2 heterocycles. The zero-order valence-electron chi connectivity index (χ0n) is 15.6. The Labute approximate surface area is 162 Å². The van der Waals surface area contributed by atoms with Gasteiger partial charge in [-0.25, -0.2) is 0 Å². The molecule has 0 aromatic heterocycles. The second-order valence-electron chi connectivity index (χ2n) is 7.26. The average Bonchev–Trinajstić information content (AvgIpc) is 2.99. The van der Waals surface area contributed by atoms with Gasteiger partial charge in [0.25, 0.3) is 0 Å². The Morgan fingerprint density at radius 2 is 1.85 bits per heavy atom. The highest BCUT2D eigenvalue weighted by atomic mass is 35.5. The Kier molecular flexibility index (Phi) is 7.91. The Bertz CT molecular complexity index is 590. The quantitative estimate of drug-likeness (QED) is 0.763. The molecule has 5 nitrogen and oxygen atoms in total. The lowest BCUT2D eigenvalue weighted by Crippen LogP contribution is -2.39. The summed E-state index contributed by atoms with van der Waals surface area (Å²) >= 11 is 0. The van der Waals surface area contributed by atoms with Gasteiger partial charge in [0.2, 0.25) is 11.8 Å². The van der Waals surface area contributed by atoms with Crippen LogP contribution in [0, 0.1) is 5.92 Å². The Hall–Kier alpha value is -1.59. The van der Waals surface area contributed by atoms with Crippen LogP contribution < -0.4 is 4.90 Å². The maximum atomic E-state index is 13.1. The van der Waals surface area contributed by atoms with Gasteiger partial charge in [0.15, 0.2) is 0 Å². The molecule has 0 spiro atoms. The highest BCUT2D eigenvalue weighted by Crippen LogP contribution is 2.23. The first-order chi connectivity index (χ1) is 12.1. The van der Waals surface area contributed by atoms with Crippen molar-refractivity contribution in [3.8, 4) is 0 Å². The lowest BCUT2D eigenvalue weighted by atomic mass is 10.1. The third kappa shape index (κ3) is 5.21. The predicted molar refractivity (Wildman–Crippen MR) is 107 cm³/mol. The summed E-state index contributed by atoms with van der Waals surface area (Å²) < 4.78 is 0. The molecular weight excluding hydrogens is 350 g/mol. The van der Waals surface area contributed by atoms with Crippen molar-refractivity contribution in [1.29, 1.82) is 0 Å². The van der Waals surface area contributed by atoms with E-state index in [-0.39, 0.29) is 30.1 Å². The fraction of sp³-hybridized carbons (Fsp3) is 0.600. The van der Waals surface area contributed by atoms with E-state index in [0.29, 0.717) is 19.5 Å². The number of rotatable bonds is 6. The molecule has 0 bridgehead atoms. The highest BCUT2D eigenvalue weighted by Gasteiger charge is 2.35. The van der Waals surface area contributed by atoms with Gasteiger partial charge < -0.3 is 14.7 Å². The summed E-state index contributed by atoms with van der Waals surface area (Å²) in [6, 6.07) is 9.86. The van der Waals surface area contributed by atoms with Gasteiger partial charge in [-0.2, -0.15) is 0 Å². The minimum Gasteiger partial charge on any atom is -0.345 e. The maximum Gasteiger partial charge on any atom is 0.232 e. The first kappa shape index (κ1) is 20.7. The molecule has 2 fully saturated rings. The van der Waals surface area contributed by atoms with E-state index in [4.69, 9.17) is 0 Å². The minimum absolute atomic E-state index is 0. The number of carbonyl (C=O) groups excluding carboxylic acids is 2. The van der Waals surface area contributed by atoms with Crippen molar-refractivity contribution in [2.24, 2.45) is 5.92 Å². The summed E-state index contributed by atoms with van der Waals surface area (Å²) in [5.41, 5.74) is 0.938. The molecule has 2 aliphatic rings. The predicted octanol–water partition coefficient (Wildman–Crippen LogP) is 2.80. The van der Waals surface area contributed by atoms with E-state index in [2.05, 4.69) is 4.90 Å². The largest absolute Gasteiger partial charge is 0.345 e. The van der Waals surface area contributed by atoms with Gasteiger partial charge >= 0.3 is 0 Å². The van der Waals surface area contributed by atoms with E-state index in [1.165, 1.54) is 32.4 Å². The molecule has 0 aliphatic carbocycles. The minimum atomic E-state index is -0.215. The van der Waals surface area contributed by atoms with Crippen molar-refractivity contribution < 1.29 is 9.59 Å². The van der Waals surface area contributed by atoms with E-state index < -0.39 is 0 Å². The van der Waals surface area contributed by atoms with Gasteiger partial charge in [-0.1, -0.05) is 24.6 Å². The Balaban J connectivity index is 0.00000243. The molecule has 26 heavy (non-hydrogen) atoms. The van der Waals surface area contributed by atoms with E-state index in [9.17, 15) is 9.59 Å². The van der Waals surface area contributed by atoms with E-state index in [1.54, 1.807) is 11.9 Å². The zero-order chi connectivity index (χ0) is 17.6.